The van der Waals surface area contributed by atoms with Gasteiger partial charge in [0.1, 0.15) is 0 Å². The molecule has 0 aromatic carbocycles. The molecule has 0 spiro atoms. The molecule has 2 atom stereocenters. The van der Waals surface area contributed by atoms with E-state index in [1.807, 2.05) is 18.0 Å². The Morgan fingerprint density at radius 1 is 1.15 bits per heavy atom. The molecule has 3 aliphatic rings. The van der Waals surface area contributed by atoms with Crippen molar-refractivity contribution in [1.82, 2.24) is 14.8 Å². The van der Waals surface area contributed by atoms with Gasteiger partial charge in [0.25, 0.3) is 5.91 Å². The van der Waals surface area contributed by atoms with E-state index in [1.54, 1.807) is 32.6 Å². The van der Waals surface area contributed by atoms with Crippen LogP contribution >= 0.6 is 22.7 Å². The minimum absolute atomic E-state index is 0.0379. The number of allylic oxidation sites excluding steroid dienone is 1. The van der Waals surface area contributed by atoms with Gasteiger partial charge < -0.3 is 9.64 Å². The van der Waals surface area contributed by atoms with Gasteiger partial charge in [0.05, 0.1) is 38.1 Å². The second-order valence-corrected chi connectivity index (χ2v) is 11.0. The van der Waals surface area contributed by atoms with Crippen molar-refractivity contribution in [3.05, 3.63) is 50.4 Å². The van der Waals surface area contributed by atoms with Gasteiger partial charge in [-0.15, -0.1) is 22.7 Å². The minimum atomic E-state index is -0.0714. The molecule has 2 amide bonds. The maximum Gasteiger partial charge on any atom is 0.257 e. The molecule has 180 valence electrons. The quantitative estimate of drug-likeness (QED) is 0.609. The zero-order chi connectivity index (χ0) is 23.5. The molecular formula is C25H30N4O3S2. The van der Waals surface area contributed by atoms with E-state index in [4.69, 9.17) is 9.84 Å². The number of carbonyl (C=O) groups is 2. The maximum atomic E-state index is 13.5. The molecule has 2 unspecified atom stereocenters. The Hall–Kier alpha value is -2.33. The fraction of sp³-hybridized carbons (Fsp3) is 0.480. The number of hydrazone groups is 1. The molecule has 0 N–H and O–H groups in total. The number of hydrogen-bond donors (Lipinski definition) is 0. The predicted molar refractivity (Wildman–Crippen MR) is 136 cm³/mol. The first-order valence-corrected chi connectivity index (χ1v) is 13.6. The maximum absolute atomic E-state index is 13.5. The first-order valence-electron chi connectivity index (χ1n) is 11.8. The van der Waals surface area contributed by atoms with Crippen molar-refractivity contribution in [2.45, 2.75) is 25.3 Å². The summed E-state index contributed by atoms with van der Waals surface area (Å²) in [7, 11) is 1.83. The van der Waals surface area contributed by atoms with Crippen LogP contribution in [0.4, 0.5) is 0 Å². The Morgan fingerprint density at radius 2 is 1.91 bits per heavy atom. The van der Waals surface area contributed by atoms with Gasteiger partial charge in [0.15, 0.2) is 0 Å². The van der Waals surface area contributed by atoms with Crippen LogP contribution < -0.4 is 0 Å². The average Bonchev–Trinajstić information content (AvgIpc) is 3.60. The Balaban J connectivity index is 1.34. The highest BCUT2D eigenvalue weighted by atomic mass is 32.1. The van der Waals surface area contributed by atoms with Crippen LogP contribution in [0.2, 0.25) is 0 Å². The lowest BCUT2D eigenvalue weighted by molar-refractivity contribution is -0.138. The number of morpholine rings is 1. The van der Waals surface area contributed by atoms with Crippen molar-refractivity contribution < 1.29 is 14.3 Å². The largest absolute Gasteiger partial charge is 0.378 e. The molecule has 34 heavy (non-hydrogen) atoms. The fourth-order valence-corrected chi connectivity index (χ4v) is 6.55. The summed E-state index contributed by atoms with van der Waals surface area (Å²) in [5, 5.41) is 10.8. The van der Waals surface area contributed by atoms with Crippen LogP contribution in [-0.2, 0) is 14.3 Å². The monoisotopic (exact) mass is 498 g/mol. The Kier molecular flexibility index (Phi) is 7.24. The SMILES string of the molecule is CN(CC(=O)N1CCOCC1)CC(=O)N1N=C2C(=Cc3cccs3)CCCC2C1c1cccs1. The van der Waals surface area contributed by atoms with Crippen LogP contribution in [0.3, 0.4) is 0 Å². The number of ether oxygens (including phenoxy) is 1. The number of thiophene rings is 2. The van der Waals surface area contributed by atoms with Gasteiger partial charge in [0, 0.05) is 28.8 Å². The lowest BCUT2D eigenvalue weighted by Gasteiger charge is -2.30. The van der Waals surface area contributed by atoms with E-state index in [-0.39, 0.29) is 36.9 Å². The summed E-state index contributed by atoms with van der Waals surface area (Å²) in [6.07, 6.45) is 5.35. The molecule has 9 heteroatoms. The van der Waals surface area contributed by atoms with Crippen LogP contribution in [0.5, 0.6) is 0 Å². The van der Waals surface area contributed by atoms with E-state index < -0.39 is 0 Å². The molecule has 0 radical (unpaired) electrons. The summed E-state index contributed by atoms with van der Waals surface area (Å²) in [6, 6.07) is 8.26. The molecule has 1 saturated heterocycles. The van der Waals surface area contributed by atoms with Gasteiger partial charge in [0.2, 0.25) is 5.91 Å². The molecule has 5 rings (SSSR count). The van der Waals surface area contributed by atoms with Gasteiger partial charge in [-0.3, -0.25) is 14.5 Å². The highest BCUT2D eigenvalue weighted by Crippen LogP contribution is 2.45. The third-order valence-corrected chi connectivity index (χ3v) is 8.39. The van der Waals surface area contributed by atoms with E-state index in [9.17, 15) is 9.59 Å². The third kappa shape index (κ3) is 5.02. The van der Waals surface area contributed by atoms with Crippen molar-refractivity contribution in [1.29, 1.82) is 0 Å². The Morgan fingerprint density at radius 3 is 2.65 bits per heavy atom. The standard InChI is InChI=1S/C25H30N4O3S2/c1-27(16-22(30)28-9-11-32-12-10-28)17-23(31)29-25(21-8-4-14-34-21)20-7-2-5-18(24(20)26-29)15-19-6-3-13-33-19/h3-4,6,8,13-15,20,25H,2,5,7,9-12,16-17H2,1H3. The highest BCUT2D eigenvalue weighted by molar-refractivity contribution is 7.11. The minimum Gasteiger partial charge on any atom is -0.378 e. The molecule has 2 aromatic heterocycles. The number of rotatable bonds is 6. The van der Waals surface area contributed by atoms with E-state index in [1.165, 1.54) is 15.3 Å². The van der Waals surface area contributed by atoms with E-state index in [0.29, 0.717) is 26.3 Å². The fourth-order valence-electron chi connectivity index (χ4n) is 4.99. The van der Waals surface area contributed by atoms with Gasteiger partial charge in [-0.25, -0.2) is 5.01 Å². The lowest BCUT2D eigenvalue weighted by atomic mass is 9.79. The zero-order valence-electron chi connectivity index (χ0n) is 19.4. The van der Waals surface area contributed by atoms with Crippen LogP contribution in [-0.4, -0.2) is 78.8 Å². The van der Waals surface area contributed by atoms with Crippen LogP contribution in [0.15, 0.2) is 45.7 Å². The molecule has 7 nitrogen and oxygen atoms in total. The summed E-state index contributed by atoms with van der Waals surface area (Å²) in [4.78, 5) is 32.1. The summed E-state index contributed by atoms with van der Waals surface area (Å²) in [5.41, 5.74) is 2.30. The topological polar surface area (TPSA) is 65.5 Å². The van der Waals surface area contributed by atoms with E-state index in [2.05, 4.69) is 35.0 Å². The van der Waals surface area contributed by atoms with Gasteiger partial charge in [-0.1, -0.05) is 12.1 Å². The summed E-state index contributed by atoms with van der Waals surface area (Å²) in [6.45, 7) is 2.75. The van der Waals surface area contributed by atoms with Crippen LogP contribution in [0.1, 0.15) is 35.1 Å². The second kappa shape index (κ2) is 10.5. The van der Waals surface area contributed by atoms with Crippen molar-refractivity contribution in [2.75, 3.05) is 46.4 Å². The number of nitrogens with zero attached hydrogens (tertiary/aromatic N) is 4. The summed E-state index contributed by atoms with van der Waals surface area (Å²) < 4.78 is 5.34. The Bertz CT molecular complexity index is 1060. The van der Waals surface area contributed by atoms with Crippen molar-refractivity contribution >= 4 is 46.3 Å². The third-order valence-electron chi connectivity index (χ3n) is 6.63. The van der Waals surface area contributed by atoms with Crippen LogP contribution in [0, 0.1) is 5.92 Å². The highest BCUT2D eigenvalue weighted by Gasteiger charge is 2.44. The number of fused-ring (bicyclic) bond motifs is 1. The molecular weight excluding hydrogens is 468 g/mol. The lowest BCUT2D eigenvalue weighted by Crippen LogP contribution is -2.46. The summed E-state index contributed by atoms with van der Waals surface area (Å²) >= 11 is 3.40. The average molecular weight is 499 g/mol. The molecule has 2 aliphatic heterocycles. The molecule has 4 heterocycles. The smallest absolute Gasteiger partial charge is 0.257 e. The van der Waals surface area contributed by atoms with E-state index in [0.717, 1.165) is 25.0 Å². The number of amides is 2. The van der Waals surface area contributed by atoms with Crippen LogP contribution in [0.25, 0.3) is 6.08 Å². The van der Waals surface area contributed by atoms with Gasteiger partial charge in [-0.2, -0.15) is 5.10 Å². The molecule has 1 aliphatic carbocycles. The van der Waals surface area contributed by atoms with Crippen molar-refractivity contribution in [3.8, 4) is 0 Å². The summed E-state index contributed by atoms with van der Waals surface area (Å²) in [5.74, 6) is 0.187. The zero-order valence-corrected chi connectivity index (χ0v) is 21.0. The van der Waals surface area contributed by atoms with Gasteiger partial charge in [-0.05, 0) is 60.9 Å². The number of carbonyl (C=O) groups excluding carboxylic acids is 2. The predicted octanol–water partition coefficient (Wildman–Crippen LogP) is 3.72. The second-order valence-electron chi connectivity index (χ2n) is 9.03. The molecule has 2 fully saturated rings. The van der Waals surface area contributed by atoms with Crippen molar-refractivity contribution in [3.63, 3.8) is 0 Å². The first-order chi connectivity index (χ1) is 16.6. The molecule has 1 saturated carbocycles. The van der Waals surface area contributed by atoms with Gasteiger partial charge >= 0.3 is 0 Å². The number of hydrogen-bond acceptors (Lipinski definition) is 7. The number of likely N-dealkylation sites (N-methyl/N-ethyl adjacent to an activating group) is 1. The molecule has 2 aromatic rings. The normalized spacial score (nSPS) is 23.9. The van der Waals surface area contributed by atoms with Crippen molar-refractivity contribution in [2.24, 2.45) is 11.0 Å². The Labute approximate surface area is 208 Å². The first kappa shape index (κ1) is 23.4. The molecule has 0 bridgehead atoms. The van der Waals surface area contributed by atoms with E-state index >= 15 is 0 Å².